The molecule has 4 rings (SSSR count). The zero-order valence-corrected chi connectivity index (χ0v) is 22.2. The number of benzene rings is 2. The fourth-order valence-electron chi connectivity index (χ4n) is 4.00. The van der Waals surface area contributed by atoms with Crippen molar-refractivity contribution < 1.29 is 19.5 Å². The number of anilines is 4. The van der Waals surface area contributed by atoms with E-state index in [2.05, 4.69) is 30.6 Å². The molecular weight excluding hydrogens is 528 g/mol. The van der Waals surface area contributed by atoms with E-state index in [1.54, 1.807) is 54.7 Å². The monoisotopic (exact) mass is 558 g/mol. The normalized spacial score (nSPS) is 11.5. The minimum absolute atomic E-state index is 0.0203. The van der Waals surface area contributed by atoms with Gasteiger partial charge in [0.15, 0.2) is 17.0 Å². The molecule has 0 aliphatic rings. The molecule has 9 N–H and O–H groups in total. The van der Waals surface area contributed by atoms with E-state index in [0.29, 0.717) is 46.6 Å². The molecule has 0 saturated carbocycles. The predicted molar refractivity (Wildman–Crippen MR) is 154 cm³/mol. The fourth-order valence-corrected chi connectivity index (χ4v) is 4.00. The van der Waals surface area contributed by atoms with Gasteiger partial charge < -0.3 is 37.8 Å². The standard InChI is InChI=1S/C27H30N10O4/c1-37(14-18-13-32-23-21(33-18)22(29)35-27(30)36-23)19-10-6-16(7-11-19)25(39)34-20(26(40)41)3-2-12-31-24(38)15-4-8-17(28)9-5-15/h4-11,13,20H,2-3,12,14,28H2,1H3,(H,31,38)(H,34,39)(H,40,41)(H4,29,30,32,35,36)/t20-/m0/s1. The molecule has 14 nitrogen and oxygen atoms in total. The van der Waals surface area contributed by atoms with E-state index in [4.69, 9.17) is 17.2 Å². The number of carbonyl (C=O) groups excluding carboxylic acids is 2. The van der Waals surface area contributed by atoms with Gasteiger partial charge in [-0.25, -0.2) is 14.8 Å². The summed E-state index contributed by atoms with van der Waals surface area (Å²) in [6.45, 7) is 0.632. The van der Waals surface area contributed by atoms with Gasteiger partial charge in [0.05, 0.1) is 18.4 Å². The number of amides is 2. The third-order valence-electron chi connectivity index (χ3n) is 6.20. The Bertz CT molecular complexity index is 1560. The van der Waals surface area contributed by atoms with Crippen molar-refractivity contribution in [3.63, 3.8) is 0 Å². The van der Waals surface area contributed by atoms with Crippen LogP contribution in [0.3, 0.4) is 0 Å². The summed E-state index contributed by atoms with van der Waals surface area (Å²) in [6.07, 6.45) is 2.06. The number of nitrogens with zero attached hydrogens (tertiary/aromatic N) is 5. The number of nitrogens with two attached hydrogens (primary N) is 3. The summed E-state index contributed by atoms with van der Waals surface area (Å²) < 4.78 is 0. The number of hydrogen-bond donors (Lipinski definition) is 6. The third kappa shape index (κ3) is 7.32. The largest absolute Gasteiger partial charge is 0.480 e. The Labute approximate surface area is 235 Å². The number of carbonyl (C=O) groups is 3. The molecule has 2 aromatic heterocycles. The van der Waals surface area contributed by atoms with Crippen molar-refractivity contribution in [2.45, 2.75) is 25.4 Å². The average Bonchev–Trinajstić information content (AvgIpc) is 2.95. The van der Waals surface area contributed by atoms with Crippen molar-refractivity contribution >= 4 is 52.1 Å². The zero-order chi connectivity index (χ0) is 29.5. The van der Waals surface area contributed by atoms with E-state index in [0.717, 1.165) is 5.69 Å². The maximum absolute atomic E-state index is 12.7. The van der Waals surface area contributed by atoms with Crippen molar-refractivity contribution in [2.75, 3.05) is 35.7 Å². The molecule has 0 aliphatic heterocycles. The fraction of sp³-hybridized carbons (Fsp3) is 0.222. The summed E-state index contributed by atoms with van der Waals surface area (Å²) in [5.74, 6) is -1.81. The summed E-state index contributed by atoms with van der Waals surface area (Å²) in [6, 6.07) is 12.0. The van der Waals surface area contributed by atoms with E-state index in [1.807, 2.05) is 11.9 Å². The summed E-state index contributed by atoms with van der Waals surface area (Å²) in [5.41, 5.74) is 20.5. The summed E-state index contributed by atoms with van der Waals surface area (Å²) in [7, 11) is 1.84. The molecule has 0 fully saturated rings. The van der Waals surface area contributed by atoms with Crippen LogP contribution in [0, 0.1) is 0 Å². The Kier molecular flexibility index (Phi) is 8.72. The highest BCUT2D eigenvalue weighted by Gasteiger charge is 2.21. The van der Waals surface area contributed by atoms with Crippen LogP contribution in [0.15, 0.2) is 54.7 Å². The second-order valence-corrected chi connectivity index (χ2v) is 9.29. The Morgan fingerprint density at radius 3 is 2.27 bits per heavy atom. The lowest BCUT2D eigenvalue weighted by molar-refractivity contribution is -0.139. The van der Waals surface area contributed by atoms with Crippen molar-refractivity contribution in [2.24, 2.45) is 0 Å². The minimum atomic E-state index is -1.16. The molecule has 0 saturated heterocycles. The molecule has 0 radical (unpaired) electrons. The van der Waals surface area contributed by atoms with Gasteiger partial charge in [-0.1, -0.05) is 0 Å². The molecule has 1 atom stereocenters. The molecule has 41 heavy (non-hydrogen) atoms. The van der Waals surface area contributed by atoms with Gasteiger partial charge in [-0.15, -0.1) is 0 Å². The molecule has 2 heterocycles. The third-order valence-corrected chi connectivity index (χ3v) is 6.20. The van der Waals surface area contributed by atoms with E-state index in [-0.39, 0.29) is 30.6 Å². The van der Waals surface area contributed by atoms with E-state index in [9.17, 15) is 19.5 Å². The van der Waals surface area contributed by atoms with Gasteiger partial charge in [0.2, 0.25) is 5.95 Å². The van der Waals surface area contributed by atoms with E-state index < -0.39 is 17.9 Å². The number of aromatic nitrogens is 4. The number of hydrogen-bond acceptors (Lipinski definition) is 11. The van der Waals surface area contributed by atoms with Gasteiger partial charge >= 0.3 is 5.97 Å². The van der Waals surface area contributed by atoms with Gasteiger partial charge in [-0.2, -0.15) is 9.97 Å². The lowest BCUT2D eigenvalue weighted by atomic mass is 10.1. The second kappa shape index (κ2) is 12.5. The Balaban J connectivity index is 1.29. The SMILES string of the molecule is CN(Cc1cnc2nc(N)nc(N)c2n1)c1ccc(C(=O)N[C@@H](CCCNC(=O)c2ccc(N)cc2)C(=O)O)cc1. The number of fused-ring (bicyclic) bond motifs is 1. The van der Waals surface area contributed by atoms with E-state index in [1.165, 1.54) is 0 Å². The maximum atomic E-state index is 12.7. The number of aliphatic carboxylic acids is 1. The van der Waals surface area contributed by atoms with Crippen molar-refractivity contribution in [3.05, 3.63) is 71.5 Å². The predicted octanol–water partition coefficient (Wildman–Crippen LogP) is 1.20. The quantitative estimate of drug-likeness (QED) is 0.113. The smallest absolute Gasteiger partial charge is 0.326 e. The Hall–Kier alpha value is -5.53. The van der Waals surface area contributed by atoms with Crippen LogP contribution in [0.5, 0.6) is 0 Å². The molecule has 0 bridgehead atoms. The van der Waals surface area contributed by atoms with Crippen LogP contribution in [0.25, 0.3) is 11.2 Å². The van der Waals surface area contributed by atoms with Gasteiger partial charge in [0, 0.05) is 36.1 Å². The highest BCUT2D eigenvalue weighted by atomic mass is 16.4. The Morgan fingerprint density at radius 1 is 0.927 bits per heavy atom. The van der Waals surface area contributed by atoms with E-state index >= 15 is 0 Å². The van der Waals surface area contributed by atoms with Crippen LogP contribution >= 0.6 is 0 Å². The first-order chi connectivity index (χ1) is 19.6. The first-order valence-electron chi connectivity index (χ1n) is 12.6. The molecule has 4 aromatic rings. The van der Waals surface area contributed by atoms with Crippen molar-refractivity contribution in [3.8, 4) is 0 Å². The minimum Gasteiger partial charge on any atom is -0.480 e. The lowest BCUT2D eigenvalue weighted by Crippen LogP contribution is -2.41. The molecule has 2 aromatic carbocycles. The van der Waals surface area contributed by atoms with Crippen LogP contribution in [0.2, 0.25) is 0 Å². The average molecular weight is 559 g/mol. The van der Waals surface area contributed by atoms with Crippen LogP contribution in [0.1, 0.15) is 39.3 Å². The van der Waals surface area contributed by atoms with Crippen LogP contribution in [-0.2, 0) is 11.3 Å². The number of carboxylic acids is 1. The second-order valence-electron chi connectivity index (χ2n) is 9.29. The van der Waals surface area contributed by atoms with Gasteiger partial charge in [0.25, 0.3) is 11.8 Å². The number of rotatable bonds is 11. The lowest BCUT2D eigenvalue weighted by Gasteiger charge is -2.19. The topological polar surface area (TPSA) is 228 Å². The zero-order valence-electron chi connectivity index (χ0n) is 22.2. The maximum Gasteiger partial charge on any atom is 0.326 e. The molecule has 212 valence electrons. The van der Waals surface area contributed by atoms with Crippen LogP contribution < -0.4 is 32.7 Å². The first-order valence-corrected chi connectivity index (χ1v) is 12.6. The molecule has 2 amide bonds. The molecule has 14 heteroatoms. The van der Waals surface area contributed by atoms with Gasteiger partial charge in [0.1, 0.15) is 6.04 Å². The van der Waals surface area contributed by atoms with Crippen molar-refractivity contribution in [1.82, 2.24) is 30.6 Å². The highest BCUT2D eigenvalue weighted by molar-refractivity contribution is 5.97. The highest BCUT2D eigenvalue weighted by Crippen LogP contribution is 2.19. The summed E-state index contributed by atoms with van der Waals surface area (Å²) in [4.78, 5) is 55.2. The molecule has 0 unspecified atom stereocenters. The van der Waals surface area contributed by atoms with Crippen LogP contribution in [0.4, 0.5) is 23.1 Å². The molecular formula is C27H30N10O4. The Morgan fingerprint density at radius 2 is 1.59 bits per heavy atom. The van der Waals surface area contributed by atoms with Gasteiger partial charge in [-0.3, -0.25) is 9.59 Å². The molecule has 0 aliphatic carbocycles. The number of nitrogens with one attached hydrogen (secondary N) is 2. The van der Waals surface area contributed by atoms with Crippen molar-refractivity contribution in [1.29, 1.82) is 0 Å². The number of carboxylic acid groups (broad SMARTS) is 1. The number of nitrogen functional groups attached to an aromatic ring is 3. The molecule has 0 spiro atoms. The summed E-state index contributed by atoms with van der Waals surface area (Å²) >= 11 is 0. The van der Waals surface area contributed by atoms with Crippen LogP contribution in [-0.4, -0.2) is 62.5 Å². The first kappa shape index (κ1) is 28.5. The van der Waals surface area contributed by atoms with Gasteiger partial charge in [-0.05, 0) is 61.4 Å². The summed E-state index contributed by atoms with van der Waals surface area (Å²) in [5, 5.41) is 14.9.